The second kappa shape index (κ2) is 5.46. The maximum Gasteiger partial charge on any atom is 0.0434 e. The Balaban J connectivity index is 1.96. The molecule has 0 bridgehead atoms. The van der Waals surface area contributed by atoms with Gasteiger partial charge in [0.25, 0.3) is 0 Å². The van der Waals surface area contributed by atoms with Gasteiger partial charge >= 0.3 is 0 Å². The molecule has 88 valence electrons. The number of likely N-dealkylation sites (tertiary alicyclic amines) is 1. The third kappa shape index (κ3) is 2.83. The minimum Gasteiger partial charge on any atom is -0.396 e. The van der Waals surface area contributed by atoms with Crippen molar-refractivity contribution in [1.29, 1.82) is 0 Å². The van der Waals surface area contributed by atoms with E-state index in [9.17, 15) is 0 Å². The third-order valence-corrected chi connectivity index (χ3v) is 3.47. The molecule has 1 atom stereocenters. The molecule has 1 aliphatic rings. The summed E-state index contributed by atoms with van der Waals surface area (Å²) in [7, 11) is 2.19. The Morgan fingerprint density at radius 1 is 1.31 bits per heavy atom. The van der Waals surface area contributed by atoms with E-state index < -0.39 is 0 Å². The number of rotatable bonds is 4. The highest BCUT2D eigenvalue weighted by Gasteiger charge is 2.20. The first-order valence-electron chi connectivity index (χ1n) is 6.18. The number of nitrogens with zero attached hydrogens (tertiary/aromatic N) is 1. The fraction of sp³-hybridized carbons (Fsp3) is 0.571. The van der Waals surface area contributed by atoms with Crippen LogP contribution >= 0.6 is 0 Å². The molecular weight excluding hydrogens is 198 g/mol. The highest BCUT2D eigenvalue weighted by atomic mass is 16.2. The van der Waals surface area contributed by atoms with Crippen molar-refractivity contribution in [3.05, 3.63) is 35.4 Å². The van der Waals surface area contributed by atoms with Gasteiger partial charge in [0.2, 0.25) is 0 Å². The van der Waals surface area contributed by atoms with Gasteiger partial charge in [0.1, 0.15) is 0 Å². The summed E-state index contributed by atoms with van der Waals surface area (Å²) >= 11 is 0. The SMILES string of the molecule is CN1CCC(c2ccc(CCCO)cc2)C1. The van der Waals surface area contributed by atoms with Crippen molar-refractivity contribution in [2.24, 2.45) is 0 Å². The Morgan fingerprint density at radius 3 is 2.62 bits per heavy atom. The smallest absolute Gasteiger partial charge is 0.0434 e. The summed E-state index contributed by atoms with van der Waals surface area (Å²) < 4.78 is 0. The lowest BCUT2D eigenvalue weighted by Gasteiger charge is -2.11. The van der Waals surface area contributed by atoms with E-state index in [0.29, 0.717) is 0 Å². The van der Waals surface area contributed by atoms with E-state index in [1.54, 1.807) is 0 Å². The van der Waals surface area contributed by atoms with Gasteiger partial charge in [-0.3, -0.25) is 0 Å². The lowest BCUT2D eigenvalue weighted by atomic mass is 9.96. The molecule has 0 amide bonds. The van der Waals surface area contributed by atoms with Crippen LogP contribution in [0.3, 0.4) is 0 Å². The van der Waals surface area contributed by atoms with Crippen LogP contribution in [-0.4, -0.2) is 36.8 Å². The van der Waals surface area contributed by atoms with E-state index in [1.807, 2.05) is 0 Å². The van der Waals surface area contributed by atoms with Crippen molar-refractivity contribution in [1.82, 2.24) is 4.90 Å². The van der Waals surface area contributed by atoms with Gasteiger partial charge in [0.05, 0.1) is 0 Å². The minimum atomic E-state index is 0.287. The molecule has 1 aliphatic heterocycles. The molecule has 0 saturated carbocycles. The Kier molecular flexibility index (Phi) is 3.97. The number of hydrogen-bond acceptors (Lipinski definition) is 2. The Bertz CT molecular complexity index is 320. The van der Waals surface area contributed by atoms with E-state index >= 15 is 0 Å². The van der Waals surface area contributed by atoms with Gasteiger partial charge in [-0.1, -0.05) is 24.3 Å². The number of aliphatic hydroxyl groups is 1. The molecule has 1 heterocycles. The van der Waals surface area contributed by atoms with E-state index in [-0.39, 0.29) is 6.61 Å². The number of aryl methyl sites for hydroxylation is 1. The van der Waals surface area contributed by atoms with Crippen LogP contribution in [0.4, 0.5) is 0 Å². The first-order chi connectivity index (χ1) is 7.79. The zero-order valence-electron chi connectivity index (χ0n) is 10.0. The molecule has 0 aliphatic carbocycles. The van der Waals surface area contributed by atoms with Gasteiger partial charge in [-0.25, -0.2) is 0 Å². The Morgan fingerprint density at radius 2 is 2.06 bits per heavy atom. The second-order valence-electron chi connectivity index (χ2n) is 4.82. The molecule has 0 radical (unpaired) electrons. The van der Waals surface area contributed by atoms with Crippen LogP contribution in [-0.2, 0) is 6.42 Å². The van der Waals surface area contributed by atoms with Gasteiger partial charge in [-0.05, 0) is 49.9 Å². The average Bonchev–Trinajstić information content (AvgIpc) is 2.74. The van der Waals surface area contributed by atoms with Gasteiger partial charge < -0.3 is 10.0 Å². The van der Waals surface area contributed by atoms with Gasteiger partial charge in [-0.15, -0.1) is 0 Å². The molecule has 2 heteroatoms. The molecule has 2 rings (SSSR count). The maximum atomic E-state index is 8.78. The van der Waals surface area contributed by atoms with E-state index in [4.69, 9.17) is 5.11 Å². The van der Waals surface area contributed by atoms with Crippen molar-refractivity contribution in [3.8, 4) is 0 Å². The van der Waals surface area contributed by atoms with Crippen LogP contribution in [0.5, 0.6) is 0 Å². The van der Waals surface area contributed by atoms with E-state index in [2.05, 4.69) is 36.2 Å². The standard InChI is InChI=1S/C14H21NO/c1-15-9-8-14(11-15)13-6-4-12(5-7-13)3-2-10-16/h4-7,14,16H,2-3,8-11H2,1H3. The first kappa shape index (κ1) is 11.6. The first-order valence-corrected chi connectivity index (χ1v) is 6.18. The molecule has 1 fully saturated rings. The maximum absolute atomic E-state index is 8.78. The number of likely N-dealkylation sites (N-methyl/N-ethyl adjacent to an activating group) is 1. The van der Waals surface area contributed by atoms with Crippen LogP contribution in [0.2, 0.25) is 0 Å². The minimum absolute atomic E-state index is 0.287. The highest BCUT2D eigenvalue weighted by Crippen LogP contribution is 2.26. The molecule has 2 nitrogen and oxygen atoms in total. The fourth-order valence-electron chi connectivity index (χ4n) is 2.45. The van der Waals surface area contributed by atoms with Crippen molar-refractivity contribution < 1.29 is 5.11 Å². The van der Waals surface area contributed by atoms with Gasteiger partial charge in [0.15, 0.2) is 0 Å². The lowest BCUT2D eigenvalue weighted by molar-refractivity contribution is 0.288. The van der Waals surface area contributed by atoms with Crippen LogP contribution in [0.1, 0.15) is 29.9 Å². The normalized spacial score (nSPS) is 21.5. The van der Waals surface area contributed by atoms with Crippen LogP contribution in [0.25, 0.3) is 0 Å². The lowest BCUT2D eigenvalue weighted by Crippen LogP contribution is -2.13. The quantitative estimate of drug-likeness (QED) is 0.837. The van der Waals surface area contributed by atoms with Crippen LogP contribution in [0.15, 0.2) is 24.3 Å². The van der Waals surface area contributed by atoms with Crippen molar-refractivity contribution in [2.75, 3.05) is 26.7 Å². The zero-order chi connectivity index (χ0) is 11.4. The Labute approximate surface area is 97.9 Å². The number of benzene rings is 1. The molecule has 0 aromatic heterocycles. The zero-order valence-corrected chi connectivity index (χ0v) is 10.0. The third-order valence-electron chi connectivity index (χ3n) is 3.47. The summed E-state index contributed by atoms with van der Waals surface area (Å²) in [6, 6.07) is 8.94. The van der Waals surface area contributed by atoms with Crippen molar-refractivity contribution in [3.63, 3.8) is 0 Å². The molecule has 16 heavy (non-hydrogen) atoms. The van der Waals surface area contributed by atoms with E-state index in [0.717, 1.165) is 18.8 Å². The summed E-state index contributed by atoms with van der Waals surface area (Å²) in [4.78, 5) is 2.39. The molecule has 0 spiro atoms. The molecule has 1 saturated heterocycles. The van der Waals surface area contributed by atoms with E-state index in [1.165, 1.54) is 30.6 Å². The summed E-state index contributed by atoms with van der Waals surface area (Å²) in [6.45, 7) is 2.70. The Hall–Kier alpha value is -0.860. The van der Waals surface area contributed by atoms with Crippen molar-refractivity contribution >= 4 is 0 Å². The topological polar surface area (TPSA) is 23.5 Å². The largest absolute Gasteiger partial charge is 0.396 e. The van der Waals surface area contributed by atoms with Crippen LogP contribution in [0, 0.1) is 0 Å². The molecule has 1 aromatic carbocycles. The monoisotopic (exact) mass is 219 g/mol. The predicted molar refractivity (Wildman–Crippen MR) is 66.7 cm³/mol. The molecular formula is C14H21NO. The number of aliphatic hydroxyl groups excluding tert-OH is 1. The second-order valence-corrected chi connectivity index (χ2v) is 4.82. The van der Waals surface area contributed by atoms with Gasteiger partial charge in [0, 0.05) is 13.2 Å². The fourth-order valence-corrected chi connectivity index (χ4v) is 2.45. The molecule has 1 N–H and O–H groups in total. The van der Waals surface area contributed by atoms with Crippen molar-refractivity contribution in [2.45, 2.75) is 25.2 Å². The predicted octanol–water partition coefficient (Wildman–Crippen LogP) is 2.03. The molecule has 1 unspecified atom stereocenters. The highest BCUT2D eigenvalue weighted by molar-refractivity contribution is 5.26. The number of hydrogen-bond donors (Lipinski definition) is 1. The summed E-state index contributed by atoms with van der Waals surface area (Å²) in [5.41, 5.74) is 2.81. The summed E-state index contributed by atoms with van der Waals surface area (Å²) in [6.07, 6.45) is 3.14. The van der Waals surface area contributed by atoms with Gasteiger partial charge in [-0.2, -0.15) is 0 Å². The average molecular weight is 219 g/mol. The summed E-state index contributed by atoms with van der Waals surface area (Å²) in [5, 5.41) is 8.78. The molecule has 1 aromatic rings. The summed E-state index contributed by atoms with van der Waals surface area (Å²) in [5.74, 6) is 0.719. The van der Waals surface area contributed by atoms with Crippen LogP contribution < -0.4 is 0 Å².